The normalized spacial score (nSPS) is 14.9. The van der Waals surface area contributed by atoms with Crippen LogP contribution < -0.4 is 0 Å². The number of rotatable bonds is 6. The Labute approximate surface area is 84.0 Å². The standard InChI is InChI=1S/C9H19NO4/c1-10(2)9(14)4-7(5-11)3-8(13)6-12/h7-8,11-13H,3-6H2,1-2H3. The molecule has 0 rings (SSSR count). The van der Waals surface area contributed by atoms with Crippen molar-refractivity contribution in [3.8, 4) is 0 Å². The van der Waals surface area contributed by atoms with Crippen molar-refractivity contribution in [3.63, 3.8) is 0 Å². The predicted molar refractivity (Wildman–Crippen MR) is 51.6 cm³/mol. The second-order valence-electron chi connectivity index (χ2n) is 3.61. The molecule has 1 amide bonds. The second-order valence-corrected chi connectivity index (χ2v) is 3.61. The molecule has 3 N–H and O–H groups in total. The molecular weight excluding hydrogens is 186 g/mol. The molecule has 84 valence electrons. The summed E-state index contributed by atoms with van der Waals surface area (Å²) in [5.74, 6) is -0.374. The average Bonchev–Trinajstić information content (AvgIpc) is 2.16. The number of amides is 1. The molecular formula is C9H19NO4. The first-order valence-corrected chi connectivity index (χ1v) is 4.61. The lowest BCUT2D eigenvalue weighted by atomic mass is 9.98. The van der Waals surface area contributed by atoms with Crippen molar-refractivity contribution in [3.05, 3.63) is 0 Å². The highest BCUT2D eigenvalue weighted by molar-refractivity contribution is 5.75. The maximum absolute atomic E-state index is 11.3. The van der Waals surface area contributed by atoms with Crippen LogP contribution in [0, 0.1) is 5.92 Å². The van der Waals surface area contributed by atoms with Crippen LogP contribution in [0.5, 0.6) is 0 Å². The molecule has 14 heavy (non-hydrogen) atoms. The molecule has 0 fully saturated rings. The van der Waals surface area contributed by atoms with Gasteiger partial charge in [-0.2, -0.15) is 0 Å². The monoisotopic (exact) mass is 205 g/mol. The summed E-state index contributed by atoms with van der Waals surface area (Å²) in [5.41, 5.74) is 0. The summed E-state index contributed by atoms with van der Waals surface area (Å²) in [6.07, 6.45) is -0.422. The summed E-state index contributed by atoms with van der Waals surface area (Å²) in [6, 6.07) is 0. The van der Waals surface area contributed by atoms with E-state index in [0.29, 0.717) is 0 Å². The molecule has 2 atom stereocenters. The number of hydrogen-bond donors (Lipinski definition) is 3. The van der Waals surface area contributed by atoms with Crippen molar-refractivity contribution in [2.75, 3.05) is 27.3 Å². The number of aliphatic hydroxyl groups is 3. The van der Waals surface area contributed by atoms with E-state index in [9.17, 15) is 4.79 Å². The van der Waals surface area contributed by atoms with E-state index in [4.69, 9.17) is 15.3 Å². The molecule has 0 aromatic carbocycles. The quantitative estimate of drug-likeness (QED) is 0.509. The van der Waals surface area contributed by atoms with Crippen LogP contribution in [0.1, 0.15) is 12.8 Å². The minimum absolute atomic E-state index is 0.0887. The van der Waals surface area contributed by atoms with Crippen molar-refractivity contribution in [1.82, 2.24) is 4.90 Å². The minimum Gasteiger partial charge on any atom is -0.396 e. The Hall–Kier alpha value is -0.650. The maximum atomic E-state index is 11.3. The van der Waals surface area contributed by atoms with Crippen LogP contribution in [-0.2, 0) is 4.79 Å². The Kier molecular flexibility index (Phi) is 6.44. The van der Waals surface area contributed by atoms with E-state index in [-0.39, 0.29) is 37.9 Å². The number of carbonyl (C=O) groups is 1. The number of hydrogen-bond acceptors (Lipinski definition) is 4. The van der Waals surface area contributed by atoms with Gasteiger partial charge in [0.1, 0.15) is 0 Å². The largest absolute Gasteiger partial charge is 0.396 e. The van der Waals surface area contributed by atoms with Gasteiger partial charge in [-0.1, -0.05) is 0 Å². The van der Waals surface area contributed by atoms with Gasteiger partial charge in [0.15, 0.2) is 0 Å². The third kappa shape index (κ3) is 5.16. The SMILES string of the molecule is CN(C)C(=O)CC(CO)CC(O)CO. The molecule has 0 aromatic heterocycles. The van der Waals surface area contributed by atoms with Gasteiger partial charge in [0.2, 0.25) is 5.91 Å². The Morgan fingerprint density at radius 2 is 1.86 bits per heavy atom. The summed E-state index contributed by atoms with van der Waals surface area (Å²) in [5, 5.41) is 26.7. The van der Waals surface area contributed by atoms with Gasteiger partial charge in [-0.25, -0.2) is 0 Å². The van der Waals surface area contributed by atoms with Crippen LogP contribution >= 0.6 is 0 Å². The summed E-state index contributed by atoms with van der Waals surface area (Å²) in [6.45, 7) is -0.497. The van der Waals surface area contributed by atoms with E-state index in [1.165, 1.54) is 4.90 Å². The molecule has 0 spiro atoms. The number of nitrogens with zero attached hydrogens (tertiary/aromatic N) is 1. The van der Waals surface area contributed by atoms with E-state index in [0.717, 1.165) is 0 Å². The Balaban J connectivity index is 3.96. The van der Waals surface area contributed by atoms with Gasteiger partial charge in [-0.15, -0.1) is 0 Å². The Morgan fingerprint density at radius 1 is 1.29 bits per heavy atom. The van der Waals surface area contributed by atoms with Crippen molar-refractivity contribution < 1.29 is 20.1 Å². The van der Waals surface area contributed by atoms with Gasteiger partial charge < -0.3 is 20.2 Å². The zero-order valence-corrected chi connectivity index (χ0v) is 8.68. The molecule has 0 aliphatic carbocycles. The fourth-order valence-corrected chi connectivity index (χ4v) is 1.11. The highest BCUT2D eigenvalue weighted by Crippen LogP contribution is 2.11. The first-order chi connectivity index (χ1) is 6.51. The Bertz CT molecular complexity index is 172. The van der Waals surface area contributed by atoms with Crippen LogP contribution in [0.2, 0.25) is 0 Å². The number of carbonyl (C=O) groups excluding carboxylic acids is 1. The lowest BCUT2D eigenvalue weighted by Gasteiger charge is -2.18. The molecule has 5 nitrogen and oxygen atoms in total. The molecule has 2 unspecified atom stereocenters. The first kappa shape index (κ1) is 13.4. The molecule has 0 aliphatic rings. The van der Waals surface area contributed by atoms with E-state index < -0.39 is 6.10 Å². The Morgan fingerprint density at radius 3 is 2.21 bits per heavy atom. The molecule has 0 saturated carbocycles. The second kappa shape index (κ2) is 6.75. The van der Waals surface area contributed by atoms with Crippen LogP contribution in [0.4, 0.5) is 0 Å². The highest BCUT2D eigenvalue weighted by atomic mass is 16.3. The summed E-state index contributed by atoms with van der Waals surface area (Å²) in [4.78, 5) is 12.7. The van der Waals surface area contributed by atoms with E-state index >= 15 is 0 Å². The van der Waals surface area contributed by atoms with Crippen molar-refractivity contribution in [2.24, 2.45) is 5.92 Å². The van der Waals surface area contributed by atoms with Crippen molar-refractivity contribution in [1.29, 1.82) is 0 Å². The van der Waals surface area contributed by atoms with Crippen LogP contribution in [0.3, 0.4) is 0 Å². The van der Waals surface area contributed by atoms with Crippen LogP contribution in [0.15, 0.2) is 0 Å². The summed E-state index contributed by atoms with van der Waals surface area (Å²) < 4.78 is 0. The first-order valence-electron chi connectivity index (χ1n) is 4.61. The van der Waals surface area contributed by atoms with Gasteiger partial charge in [-0.3, -0.25) is 4.79 Å². The fourth-order valence-electron chi connectivity index (χ4n) is 1.11. The zero-order valence-electron chi connectivity index (χ0n) is 8.68. The smallest absolute Gasteiger partial charge is 0.222 e. The van der Waals surface area contributed by atoms with E-state index in [1.54, 1.807) is 14.1 Å². The van der Waals surface area contributed by atoms with Crippen LogP contribution in [-0.4, -0.2) is 59.5 Å². The van der Waals surface area contributed by atoms with Gasteiger partial charge in [0.25, 0.3) is 0 Å². The zero-order chi connectivity index (χ0) is 11.1. The van der Waals surface area contributed by atoms with Crippen LogP contribution in [0.25, 0.3) is 0 Å². The average molecular weight is 205 g/mol. The minimum atomic E-state index is -0.859. The summed E-state index contributed by atoms with van der Waals surface area (Å²) >= 11 is 0. The third-order valence-corrected chi connectivity index (χ3v) is 2.04. The molecule has 0 aromatic rings. The maximum Gasteiger partial charge on any atom is 0.222 e. The van der Waals surface area contributed by atoms with Gasteiger partial charge in [0, 0.05) is 27.1 Å². The lowest BCUT2D eigenvalue weighted by Crippen LogP contribution is -2.28. The van der Waals surface area contributed by atoms with Gasteiger partial charge in [-0.05, 0) is 12.3 Å². The molecule has 0 aliphatic heterocycles. The molecule has 0 radical (unpaired) electrons. The molecule has 0 heterocycles. The fraction of sp³-hybridized carbons (Fsp3) is 0.889. The van der Waals surface area contributed by atoms with Gasteiger partial charge >= 0.3 is 0 Å². The van der Waals surface area contributed by atoms with Crippen molar-refractivity contribution >= 4 is 5.91 Å². The van der Waals surface area contributed by atoms with Gasteiger partial charge in [0.05, 0.1) is 12.7 Å². The molecule has 5 heteroatoms. The topological polar surface area (TPSA) is 81.0 Å². The predicted octanol–water partition coefficient (Wildman–Crippen LogP) is -1.18. The molecule has 0 saturated heterocycles. The third-order valence-electron chi connectivity index (χ3n) is 2.04. The highest BCUT2D eigenvalue weighted by Gasteiger charge is 2.17. The summed E-state index contributed by atoms with van der Waals surface area (Å²) in [7, 11) is 3.28. The van der Waals surface area contributed by atoms with E-state index in [1.807, 2.05) is 0 Å². The molecule has 0 bridgehead atoms. The van der Waals surface area contributed by atoms with Crippen molar-refractivity contribution in [2.45, 2.75) is 18.9 Å². The van der Waals surface area contributed by atoms with E-state index in [2.05, 4.69) is 0 Å². The lowest BCUT2D eigenvalue weighted by molar-refractivity contribution is -0.130. The number of aliphatic hydroxyl groups excluding tert-OH is 3.